The van der Waals surface area contributed by atoms with E-state index in [2.05, 4.69) is 33.3 Å². The molecule has 2 fully saturated rings. The number of fused-ring (bicyclic) bond motifs is 1. The SMILES string of the molecule is C=CC(=O)N1CC[C@@H](N2CC(C#Cc3c(-c4ccc(C(F)(F)F)cc4)c4c(N)ncnc4n3C)C2)[C@@H](O)C1. The number of aliphatic hydroxyl groups is 1. The molecule has 0 spiro atoms. The number of halogens is 3. The molecular weight excluding hydrogens is 497 g/mol. The van der Waals surface area contributed by atoms with Crippen LogP contribution in [0.1, 0.15) is 17.7 Å². The van der Waals surface area contributed by atoms with E-state index in [1.807, 2.05) is 0 Å². The summed E-state index contributed by atoms with van der Waals surface area (Å²) in [5.41, 5.74) is 7.68. The first kappa shape index (κ1) is 25.8. The molecule has 2 saturated heterocycles. The number of aliphatic hydroxyl groups excluding tert-OH is 1. The van der Waals surface area contributed by atoms with Crippen LogP contribution in [0, 0.1) is 17.8 Å². The van der Waals surface area contributed by atoms with Gasteiger partial charge >= 0.3 is 6.18 Å². The number of alkyl halides is 3. The third-order valence-electron chi connectivity index (χ3n) is 7.30. The first-order chi connectivity index (χ1) is 18.1. The lowest BCUT2D eigenvalue weighted by Crippen LogP contribution is -2.61. The van der Waals surface area contributed by atoms with Gasteiger partial charge in [0.1, 0.15) is 23.5 Å². The van der Waals surface area contributed by atoms with Crippen molar-refractivity contribution in [2.45, 2.75) is 24.7 Å². The minimum absolute atomic E-state index is 0.0441. The molecule has 8 nitrogen and oxygen atoms in total. The van der Waals surface area contributed by atoms with Crippen LogP contribution in [-0.2, 0) is 18.0 Å². The monoisotopic (exact) mass is 524 g/mol. The lowest BCUT2D eigenvalue weighted by Gasteiger charge is -2.47. The standard InChI is InChI=1S/C27H27F3N6O2/c1-3-22(38)35-11-10-19(21(37)14-35)36-12-16(13-36)4-9-20-23(17-5-7-18(8-6-17)27(28,29)30)24-25(31)32-15-33-26(24)34(20)2/h3,5-8,15-16,19,21,37H,1,10-14H2,2H3,(H2,31,32,33)/t19-,21+/m1/s1. The number of hydrogen-bond acceptors (Lipinski definition) is 6. The van der Waals surface area contributed by atoms with Gasteiger partial charge in [-0.05, 0) is 36.1 Å². The summed E-state index contributed by atoms with van der Waals surface area (Å²) in [5.74, 6) is 6.60. The molecule has 3 N–H and O–H groups in total. The average molecular weight is 525 g/mol. The predicted octanol–water partition coefficient (Wildman–Crippen LogP) is 2.67. The fourth-order valence-electron chi connectivity index (χ4n) is 5.25. The third kappa shape index (κ3) is 4.61. The van der Waals surface area contributed by atoms with Gasteiger partial charge in [-0.2, -0.15) is 13.2 Å². The van der Waals surface area contributed by atoms with Crippen molar-refractivity contribution < 1.29 is 23.1 Å². The highest BCUT2D eigenvalue weighted by Crippen LogP contribution is 2.38. The number of aryl methyl sites for hydroxylation is 1. The molecule has 2 atom stereocenters. The van der Waals surface area contributed by atoms with Crippen LogP contribution in [0.5, 0.6) is 0 Å². The smallest absolute Gasteiger partial charge is 0.390 e. The van der Waals surface area contributed by atoms with Gasteiger partial charge in [0, 0.05) is 50.7 Å². The van der Waals surface area contributed by atoms with Gasteiger partial charge in [-0.25, -0.2) is 9.97 Å². The summed E-state index contributed by atoms with van der Waals surface area (Å²) in [6.07, 6.45) is -1.82. The Morgan fingerprint density at radius 3 is 2.55 bits per heavy atom. The normalized spacial score (nSPS) is 20.6. The van der Waals surface area contributed by atoms with Crippen LogP contribution in [0.25, 0.3) is 22.2 Å². The first-order valence-corrected chi connectivity index (χ1v) is 12.2. The van der Waals surface area contributed by atoms with E-state index < -0.39 is 17.8 Å². The van der Waals surface area contributed by atoms with Gasteiger partial charge in [0.05, 0.1) is 17.1 Å². The van der Waals surface area contributed by atoms with Crippen LogP contribution in [-0.4, -0.2) is 73.7 Å². The number of aromatic nitrogens is 3. The summed E-state index contributed by atoms with van der Waals surface area (Å²) >= 11 is 0. The van der Waals surface area contributed by atoms with Crippen LogP contribution >= 0.6 is 0 Å². The quantitative estimate of drug-likeness (QED) is 0.404. The van der Waals surface area contributed by atoms with E-state index in [0.29, 0.717) is 53.9 Å². The number of nitrogens with zero attached hydrogens (tertiary/aromatic N) is 5. The minimum Gasteiger partial charge on any atom is -0.390 e. The summed E-state index contributed by atoms with van der Waals surface area (Å²) in [6.45, 7) is 5.69. The molecule has 38 heavy (non-hydrogen) atoms. The fourth-order valence-corrected chi connectivity index (χ4v) is 5.25. The van der Waals surface area contributed by atoms with E-state index in [1.54, 1.807) is 16.5 Å². The molecule has 4 heterocycles. The number of anilines is 1. The Morgan fingerprint density at radius 2 is 1.92 bits per heavy atom. The molecule has 2 aromatic heterocycles. The lowest BCUT2D eigenvalue weighted by molar-refractivity contribution is -0.137. The van der Waals surface area contributed by atoms with Crippen molar-refractivity contribution in [3.63, 3.8) is 0 Å². The fraction of sp³-hybridized carbons (Fsp3) is 0.370. The maximum Gasteiger partial charge on any atom is 0.416 e. The first-order valence-electron chi connectivity index (χ1n) is 12.2. The van der Waals surface area contributed by atoms with E-state index in [4.69, 9.17) is 5.73 Å². The van der Waals surface area contributed by atoms with Crippen molar-refractivity contribution in [2.75, 3.05) is 31.9 Å². The Balaban J connectivity index is 1.39. The number of piperidine rings is 1. The molecule has 198 valence electrons. The van der Waals surface area contributed by atoms with Crippen LogP contribution < -0.4 is 5.73 Å². The number of amides is 1. The molecule has 0 aliphatic carbocycles. The Bertz CT molecular complexity index is 1450. The van der Waals surface area contributed by atoms with Gasteiger partial charge in [-0.3, -0.25) is 9.69 Å². The highest BCUT2D eigenvalue weighted by atomic mass is 19.4. The van der Waals surface area contributed by atoms with Crippen molar-refractivity contribution in [2.24, 2.45) is 13.0 Å². The Labute approximate surface area is 217 Å². The van der Waals surface area contributed by atoms with E-state index >= 15 is 0 Å². The minimum atomic E-state index is -4.44. The summed E-state index contributed by atoms with van der Waals surface area (Å²) in [5, 5.41) is 11.1. The summed E-state index contributed by atoms with van der Waals surface area (Å²) < 4.78 is 41.2. The Kier molecular flexibility index (Phi) is 6.63. The summed E-state index contributed by atoms with van der Waals surface area (Å²) in [7, 11) is 1.79. The molecule has 1 amide bonds. The Hall–Kier alpha value is -3.88. The van der Waals surface area contributed by atoms with Crippen LogP contribution in [0.2, 0.25) is 0 Å². The maximum absolute atomic E-state index is 13.1. The number of rotatable bonds is 3. The molecule has 0 bridgehead atoms. The third-order valence-corrected chi connectivity index (χ3v) is 7.30. The van der Waals surface area contributed by atoms with Crippen LogP contribution in [0.4, 0.5) is 19.0 Å². The number of carbonyl (C=O) groups is 1. The number of likely N-dealkylation sites (tertiary alicyclic amines) is 2. The number of hydrogen-bond donors (Lipinski definition) is 2. The van der Waals surface area contributed by atoms with Gasteiger partial charge < -0.3 is 20.3 Å². The van der Waals surface area contributed by atoms with Gasteiger partial charge in [0.25, 0.3) is 0 Å². The highest BCUT2D eigenvalue weighted by Gasteiger charge is 2.39. The number of carbonyl (C=O) groups excluding carboxylic acids is 1. The van der Waals surface area contributed by atoms with Gasteiger partial charge in [-0.1, -0.05) is 24.6 Å². The van der Waals surface area contributed by atoms with E-state index in [1.165, 1.54) is 24.5 Å². The molecule has 5 rings (SSSR count). The van der Waals surface area contributed by atoms with Crippen LogP contribution in [0.15, 0.2) is 43.2 Å². The number of β-amino-alcohol motifs (C(OH)–C–C–N with tert-alkyl or cyclic N) is 1. The molecular formula is C27H27F3N6O2. The van der Waals surface area contributed by atoms with E-state index in [9.17, 15) is 23.1 Å². The van der Waals surface area contributed by atoms with Crippen molar-refractivity contribution in [1.29, 1.82) is 0 Å². The molecule has 1 aromatic carbocycles. The molecule has 3 aromatic rings. The molecule has 0 unspecified atom stereocenters. The van der Waals surface area contributed by atoms with E-state index in [0.717, 1.165) is 12.1 Å². The Morgan fingerprint density at radius 1 is 1.21 bits per heavy atom. The van der Waals surface area contributed by atoms with Crippen molar-refractivity contribution >= 4 is 22.8 Å². The predicted molar refractivity (Wildman–Crippen MR) is 136 cm³/mol. The zero-order valence-electron chi connectivity index (χ0n) is 20.7. The second-order valence-corrected chi connectivity index (χ2v) is 9.65. The molecule has 0 saturated carbocycles. The number of benzene rings is 1. The van der Waals surface area contributed by atoms with Crippen LogP contribution in [0.3, 0.4) is 0 Å². The highest BCUT2D eigenvalue weighted by molar-refractivity contribution is 6.03. The summed E-state index contributed by atoms with van der Waals surface area (Å²) in [4.78, 5) is 24.0. The zero-order valence-corrected chi connectivity index (χ0v) is 20.7. The maximum atomic E-state index is 13.1. The second-order valence-electron chi connectivity index (χ2n) is 9.65. The molecule has 2 aliphatic rings. The zero-order chi connectivity index (χ0) is 27.2. The molecule has 0 radical (unpaired) electrons. The number of nitrogen functional groups attached to an aromatic ring is 1. The summed E-state index contributed by atoms with van der Waals surface area (Å²) in [6, 6.07) is 4.84. The van der Waals surface area contributed by atoms with Crippen molar-refractivity contribution in [3.8, 4) is 23.0 Å². The molecule has 2 aliphatic heterocycles. The van der Waals surface area contributed by atoms with Gasteiger partial charge in [-0.15, -0.1) is 0 Å². The van der Waals surface area contributed by atoms with E-state index in [-0.39, 0.29) is 30.2 Å². The number of nitrogens with two attached hydrogens (primary N) is 1. The lowest BCUT2D eigenvalue weighted by atomic mass is 9.91. The van der Waals surface area contributed by atoms with Crippen molar-refractivity contribution in [1.82, 2.24) is 24.3 Å². The average Bonchev–Trinajstić information content (AvgIpc) is 3.15. The second kappa shape index (κ2) is 9.78. The largest absolute Gasteiger partial charge is 0.416 e. The molecule has 11 heteroatoms. The van der Waals surface area contributed by atoms with Gasteiger partial charge in [0.15, 0.2) is 0 Å². The van der Waals surface area contributed by atoms with Gasteiger partial charge in [0.2, 0.25) is 5.91 Å². The van der Waals surface area contributed by atoms with Crippen molar-refractivity contribution in [3.05, 3.63) is 54.5 Å². The topological polar surface area (TPSA) is 101 Å².